The predicted molar refractivity (Wildman–Crippen MR) is 68.6 cm³/mol. The van der Waals surface area contributed by atoms with E-state index in [0.29, 0.717) is 18.8 Å². The van der Waals surface area contributed by atoms with Gasteiger partial charge in [0.25, 0.3) is 0 Å². The van der Waals surface area contributed by atoms with Crippen molar-refractivity contribution in [2.24, 2.45) is 11.1 Å². The van der Waals surface area contributed by atoms with Gasteiger partial charge in [0.05, 0.1) is 13.7 Å². The summed E-state index contributed by atoms with van der Waals surface area (Å²) in [7, 11) is 1.46. The molecule has 5 nitrogen and oxygen atoms in total. The van der Waals surface area contributed by atoms with Crippen LogP contribution in [-0.4, -0.2) is 31.6 Å². The number of nitrogens with zero attached hydrogens (tertiary/aromatic N) is 1. The number of methoxy groups -OCH3 is 1. The Morgan fingerprint density at radius 2 is 2.39 bits per heavy atom. The molecular weight excluding hydrogens is 232 g/mol. The van der Waals surface area contributed by atoms with Crippen LogP contribution in [0.4, 0.5) is 0 Å². The summed E-state index contributed by atoms with van der Waals surface area (Å²) in [5.41, 5.74) is 5.82. The Labute approximate surface area is 107 Å². The van der Waals surface area contributed by atoms with Crippen LogP contribution in [0.5, 0.6) is 5.75 Å². The van der Waals surface area contributed by atoms with E-state index in [-0.39, 0.29) is 16.6 Å². The second-order valence-corrected chi connectivity index (χ2v) is 5.25. The van der Waals surface area contributed by atoms with E-state index < -0.39 is 0 Å². The van der Waals surface area contributed by atoms with E-state index in [2.05, 4.69) is 11.8 Å². The fourth-order valence-electron chi connectivity index (χ4n) is 2.32. The Morgan fingerprint density at radius 3 is 2.94 bits per heavy atom. The molecule has 0 bridgehead atoms. The monoisotopic (exact) mass is 252 g/mol. The average Bonchev–Trinajstić information content (AvgIpc) is 2.72. The molecule has 0 aliphatic carbocycles. The second-order valence-electron chi connectivity index (χ2n) is 5.25. The number of likely N-dealkylation sites (tertiary alicyclic amines) is 1. The minimum absolute atomic E-state index is 0.139. The van der Waals surface area contributed by atoms with Crippen molar-refractivity contribution in [1.82, 2.24) is 4.90 Å². The number of hydrogen-bond donors (Lipinski definition) is 1. The summed E-state index contributed by atoms with van der Waals surface area (Å²) in [5, 5.41) is 0. The summed E-state index contributed by atoms with van der Waals surface area (Å²) in [6.45, 7) is 5.46. The molecule has 0 spiro atoms. The molecule has 5 heteroatoms. The summed E-state index contributed by atoms with van der Waals surface area (Å²) in [5.74, 6) is 0.911. The first-order valence-electron chi connectivity index (χ1n) is 6.14. The van der Waals surface area contributed by atoms with Gasteiger partial charge in [-0.25, -0.2) is 0 Å². The van der Waals surface area contributed by atoms with E-state index in [1.165, 1.54) is 19.4 Å². The highest BCUT2D eigenvalue weighted by Gasteiger charge is 2.32. The van der Waals surface area contributed by atoms with Gasteiger partial charge in [0.2, 0.25) is 11.2 Å². The van der Waals surface area contributed by atoms with Crippen molar-refractivity contribution in [1.29, 1.82) is 0 Å². The van der Waals surface area contributed by atoms with Crippen molar-refractivity contribution in [3.63, 3.8) is 0 Å². The molecule has 1 aromatic rings. The molecular formula is C13H20N2O3. The first-order valence-corrected chi connectivity index (χ1v) is 6.14. The predicted octanol–water partition coefficient (Wildman–Crippen LogP) is 0.819. The van der Waals surface area contributed by atoms with Gasteiger partial charge in [-0.3, -0.25) is 9.69 Å². The van der Waals surface area contributed by atoms with Crippen LogP contribution >= 0.6 is 0 Å². The van der Waals surface area contributed by atoms with Crippen LogP contribution in [0.25, 0.3) is 0 Å². The standard InChI is InChI=1S/C13H20N2O3/c1-13(8-14)3-4-15(9-13)6-10-5-11(16)12(17-2)7-18-10/h5,7H,3-4,6,8-9,14H2,1-2H3. The molecule has 1 atom stereocenters. The lowest BCUT2D eigenvalue weighted by atomic mass is 9.90. The van der Waals surface area contributed by atoms with Crippen LogP contribution < -0.4 is 15.9 Å². The third-order valence-corrected chi connectivity index (χ3v) is 3.58. The molecule has 0 amide bonds. The quantitative estimate of drug-likeness (QED) is 0.859. The van der Waals surface area contributed by atoms with Gasteiger partial charge in [0.1, 0.15) is 12.0 Å². The average molecular weight is 252 g/mol. The lowest BCUT2D eigenvalue weighted by Gasteiger charge is -2.22. The number of rotatable bonds is 4. The third-order valence-electron chi connectivity index (χ3n) is 3.58. The van der Waals surface area contributed by atoms with Crippen molar-refractivity contribution < 1.29 is 9.15 Å². The van der Waals surface area contributed by atoms with Gasteiger partial charge in [0.15, 0.2) is 0 Å². The van der Waals surface area contributed by atoms with Crippen molar-refractivity contribution in [2.45, 2.75) is 19.9 Å². The van der Waals surface area contributed by atoms with Gasteiger partial charge in [-0.2, -0.15) is 0 Å². The van der Waals surface area contributed by atoms with E-state index >= 15 is 0 Å². The van der Waals surface area contributed by atoms with Gasteiger partial charge in [-0.1, -0.05) is 6.92 Å². The van der Waals surface area contributed by atoms with Crippen LogP contribution in [0.3, 0.4) is 0 Å². The summed E-state index contributed by atoms with van der Waals surface area (Å²) in [6, 6.07) is 1.50. The van der Waals surface area contributed by atoms with Crippen LogP contribution in [0.2, 0.25) is 0 Å². The number of nitrogens with two attached hydrogens (primary N) is 1. The molecule has 1 aliphatic rings. The number of ether oxygens (including phenoxy) is 1. The zero-order valence-electron chi connectivity index (χ0n) is 10.9. The second kappa shape index (κ2) is 5.12. The maximum absolute atomic E-state index is 11.6. The summed E-state index contributed by atoms with van der Waals surface area (Å²) < 4.78 is 10.3. The molecule has 1 aromatic heterocycles. The minimum atomic E-state index is -0.139. The molecule has 100 valence electrons. The molecule has 1 aliphatic heterocycles. The van der Waals surface area contributed by atoms with E-state index in [4.69, 9.17) is 14.9 Å². The molecule has 2 rings (SSSR count). The Balaban J connectivity index is 2.03. The van der Waals surface area contributed by atoms with Crippen molar-refractivity contribution in [3.8, 4) is 5.75 Å². The highest BCUT2D eigenvalue weighted by Crippen LogP contribution is 2.29. The largest absolute Gasteiger partial charge is 0.490 e. The van der Waals surface area contributed by atoms with E-state index in [0.717, 1.165) is 19.5 Å². The van der Waals surface area contributed by atoms with Crippen molar-refractivity contribution in [2.75, 3.05) is 26.7 Å². The molecule has 2 N–H and O–H groups in total. The van der Waals surface area contributed by atoms with Gasteiger partial charge in [-0.15, -0.1) is 0 Å². The molecule has 1 saturated heterocycles. The lowest BCUT2D eigenvalue weighted by Crippen LogP contribution is -2.31. The molecule has 18 heavy (non-hydrogen) atoms. The normalized spacial score (nSPS) is 24.4. The SMILES string of the molecule is COc1coc(CN2CCC(C)(CN)C2)cc1=O. The topological polar surface area (TPSA) is 68.7 Å². The van der Waals surface area contributed by atoms with Crippen LogP contribution in [0.1, 0.15) is 19.1 Å². The molecule has 1 unspecified atom stereocenters. The first kappa shape index (κ1) is 13.1. The zero-order valence-corrected chi connectivity index (χ0v) is 10.9. The van der Waals surface area contributed by atoms with Gasteiger partial charge < -0.3 is 14.9 Å². The summed E-state index contributed by atoms with van der Waals surface area (Å²) in [4.78, 5) is 13.9. The van der Waals surface area contributed by atoms with Gasteiger partial charge >= 0.3 is 0 Å². The van der Waals surface area contributed by atoms with Gasteiger partial charge in [0, 0.05) is 12.6 Å². The number of hydrogen-bond acceptors (Lipinski definition) is 5. The molecule has 0 radical (unpaired) electrons. The lowest BCUT2D eigenvalue weighted by molar-refractivity contribution is 0.251. The fourth-order valence-corrected chi connectivity index (χ4v) is 2.32. The van der Waals surface area contributed by atoms with E-state index in [9.17, 15) is 4.79 Å². The summed E-state index contributed by atoms with van der Waals surface area (Å²) in [6.07, 6.45) is 2.46. The van der Waals surface area contributed by atoms with E-state index in [1.807, 2.05) is 0 Å². The molecule has 0 saturated carbocycles. The Morgan fingerprint density at radius 1 is 1.61 bits per heavy atom. The fraction of sp³-hybridized carbons (Fsp3) is 0.615. The van der Waals surface area contributed by atoms with Crippen LogP contribution in [-0.2, 0) is 6.54 Å². The summed E-state index contributed by atoms with van der Waals surface area (Å²) >= 11 is 0. The van der Waals surface area contributed by atoms with Crippen LogP contribution in [0.15, 0.2) is 21.5 Å². The maximum atomic E-state index is 11.6. The molecule has 1 fully saturated rings. The highest BCUT2D eigenvalue weighted by molar-refractivity contribution is 5.17. The molecule has 0 aromatic carbocycles. The maximum Gasteiger partial charge on any atom is 0.227 e. The van der Waals surface area contributed by atoms with E-state index in [1.54, 1.807) is 0 Å². The van der Waals surface area contributed by atoms with Gasteiger partial charge in [-0.05, 0) is 24.9 Å². The third kappa shape index (κ3) is 2.73. The minimum Gasteiger partial charge on any atom is -0.490 e. The Bertz CT molecular complexity index is 472. The van der Waals surface area contributed by atoms with Crippen molar-refractivity contribution >= 4 is 0 Å². The van der Waals surface area contributed by atoms with Crippen molar-refractivity contribution in [3.05, 3.63) is 28.3 Å². The van der Waals surface area contributed by atoms with Crippen LogP contribution in [0, 0.1) is 5.41 Å². The first-order chi connectivity index (χ1) is 8.56. The zero-order chi connectivity index (χ0) is 13.2. The smallest absolute Gasteiger partial charge is 0.227 e. The highest BCUT2D eigenvalue weighted by atomic mass is 16.5. The Kier molecular flexibility index (Phi) is 3.73. The molecule has 2 heterocycles. The Hall–Kier alpha value is -1.33.